The molecule has 1 atom stereocenters. The molecule has 1 aromatic carbocycles. The number of aliphatic imine (C=N–C) groups is 1. The van der Waals surface area contributed by atoms with Crippen molar-refractivity contribution in [3.8, 4) is 5.75 Å². The van der Waals surface area contributed by atoms with Gasteiger partial charge in [-0.3, -0.25) is 9.79 Å². The van der Waals surface area contributed by atoms with Crippen LogP contribution >= 0.6 is 24.0 Å². The monoisotopic (exact) mass is 472 g/mol. The van der Waals surface area contributed by atoms with Crippen LogP contribution in [-0.4, -0.2) is 49.6 Å². The second kappa shape index (κ2) is 11.8. The Morgan fingerprint density at radius 1 is 1.46 bits per heavy atom. The van der Waals surface area contributed by atoms with Gasteiger partial charge < -0.3 is 20.3 Å². The standard InChI is InChI=1S/C19H28N4O2.HI/c1-4-12-25-17-9-7-6-8-15(17)13-21-19(20-3)22-16-10-11-23(14-16)18(24)5-2;/h4,6-9,16H,1,5,10-14H2,2-3H3,(H2,20,21,22);1H. The molecule has 144 valence electrons. The highest BCUT2D eigenvalue weighted by molar-refractivity contribution is 14.0. The van der Waals surface area contributed by atoms with Crippen molar-refractivity contribution in [3.05, 3.63) is 42.5 Å². The lowest BCUT2D eigenvalue weighted by atomic mass is 10.2. The van der Waals surface area contributed by atoms with Gasteiger partial charge in [0.15, 0.2) is 5.96 Å². The van der Waals surface area contributed by atoms with Gasteiger partial charge in [0.2, 0.25) is 5.91 Å². The number of para-hydroxylation sites is 1. The number of rotatable bonds is 7. The third kappa shape index (κ3) is 6.51. The number of likely N-dealkylation sites (tertiary alicyclic amines) is 1. The Labute approximate surface area is 173 Å². The van der Waals surface area contributed by atoms with Gasteiger partial charge in [-0.05, 0) is 12.5 Å². The van der Waals surface area contributed by atoms with Gasteiger partial charge >= 0.3 is 0 Å². The van der Waals surface area contributed by atoms with Crippen LogP contribution in [0, 0.1) is 0 Å². The molecule has 0 spiro atoms. The van der Waals surface area contributed by atoms with Crippen molar-refractivity contribution in [2.24, 2.45) is 4.99 Å². The highest BCUT2D eigenvalue weighted by atomic mass is 127. The number of halogens is 1. The van der Waals surface area contributed by atoms with Crippen LogP contribution in [-0.2, 0) is 11.3 Å². The third-order valence-electron chi connectivity index (χ3n) is 4.18. The molecule has 7 heteroatoms. The first kappa shape index (κ1) is 22.3. The summed E-state index contributed by atoms with van der Waals surface area (Å²) in [4.78, 5) is 18.0. The lowest BCUT2D eigenvalue weighted by Crippen LogP contribution is -2.44. The number of hydrogen-bond donors (Lipinski definition) is 2. The molecular formula is C19H29IN4O2. The highest BCUT2D eigenvalue weighted by Crippen LogP contribution is 2.17. The van der Waals surface area contributed by atoms with Crippen LogP contribution in [0.2, 0.25) is 0 Å². The maximum atomic E-state index is 11.8. The summed E-state index contributed by atoms with van der Waals surface area (Å²) in [5.41, 5.74) is 1.06. The zero-order chi connectivity index (χ0) is 18.1. The van der Waals surface area contributed by atoms with Gasteiger partial charge in [-0.15, -0.1) is 24.0 Å². The second-order valence-corrected chi connectivity index (χ2v) is 5.96. The molecule has 1 saturated heterocycles. The molecule has 1 amide bonds. The molecule has 0 radical (unpaired) electrons. The fourth-order valence-electron chi connectivity index (χ4n) is 2.83. The largest absolute Gasteiger partial charge is 0.489 e. The molecule has 1 aliphatic rings. The minimum Gasteiger partial charge on any atom is -0.489 e. The maximum absolute atomic E-state index is 11.8. The van der Waals surface area contributed by atoms with Crippen LogP contribution < -0.4 is 15.4 Å². The minimum absolute atomic E-state index is 0. The Hall–Kier alpha value is -1.77. The van der Waals surface area contributed by atoms with E-state index in [-0.39, 0.29) is 35.9 Å². The van der Waals surface area contributed by atoms with Crippen LogP contribution in [0.1, 0.15) is 25.3 Å². The quantitative estimate of drug-likeness (QED) is 0.277. The number of nitrogens with one attached hydrogen (secondary N) is 2. The fourth-order valence-corrected chi connectivity index (χ4v) is 2.83. The Kier molecular flexibility index (Phi) is 10.1. The van der Waals surface area contributed by atoms with E-state index in [4.69, 9.17) is 4.74 Å². The Morgan fingerprint density at radius 3 is 2.92 bits per heavy atom. The SMILES string of the molecule is C=CCOc1ccccc1CNC(=NC)NC1CCN(C(=O)CC)C1.I. The first-order valence-corrected chi connectivity index (χ1v) is 8.74. The summed E-state index contributed by atoms with van der Waals surface area (Å²) in [5.74, 6) is 1.78. The number of amides is 1. The Bertz CT molecular complexity index is 621. The molecule has 26 heavy (non-hydrogen) atoms. The van der Waals surface area contributed by atoms with E-state index in [1.54, 1.807) is 13.1 Å². The number of ether oxygens (including phenoxy) is 1. The number of guanidine groups is 1. The van der Waals surface area contributed by atoms with Crippen LogP contribution in [0.4, 0.5) is 0 Å². The van der Waals surface area contributed by atoms with Crippen LogP contribution in [0.15, 0.2) is 41.9 Å². The number of carbonyl (C=O) groups excluding carboxylic acids is 1. The predicted molar refractivity (Wildman–Crippen MR) is 116 cm³/mol. The van der Waals surface area contributed by atoms with E-state index < -0.39 is 0 Å². The smallest absolute Gasteiger partial charge is 0.222 e. The molecule has 0 aliphatic carbocycles. The van der Waals surface area contributed by atoms with E-state index in [2.05, 4.69) is 22.2 Å². The molecule has 6 nitrogen and oxygen atoms in total. The van der Waals surface area contributed by atoms with Crippen LogP contribution in [0.25, 0.3) is 0 Å². The van der Waals surface area contributed by atoms with Gasteiger partial charge in [-0.25, -0.2) is 0 Å². The average Bonchev–Trinajstić information content (AvgIpc) is 3.12. The first-order valence-electron chi connectivity index (χ1n) is 8.74. The van der Waals surface area contributed by atoms with Gasteiger partial charge in [0.05, 0.1) is 0 Å². The fraction of sp³-hybridized carbons (Fsp3) is 0.474. The van der Waals surface area contributed by atoms with Gasteiger partial charge in [-0.1, -0.05) is 37.8 Å². The highest BCUT2D eigenvalue weighted by Gasteiger charge is 2.25. The first-order chi connectivity index (χ1) is 12.2. The molecule has 1 fully saturated rings. The van der Waals surface area contributed by atoms with E-state index in [0.29, 0.717) is 19.6 Å². The summed E-state index contributed by atoms with van der Waals surface area (Å²) < 4.78 is 5.68. The molecule has 0 bridgehead atoms. The average molecular weight is 472 g/mol. The summed E-state index contributed by atoms with van der Waals surface area (Å²) in [5, 5.41) is 6.71. The van der Waals surface area contributed by atoms with Gasteiger partial charge in [0, 0.05) is 44.7 Å². The molecule has 0 saturated carbocycles. The zero-order valence-corrected chi connectivity index (χ0v) is 17.9. The zero-order valence-electron chi connectivity index (χ0n) is 15.5. The summed E-state index contributed by atoms with van der Waals surface area (Å²) in [6, 6.07) is 8.14. The van der Waals surface area contributed by atoms with Gasteiger partial charge in [-0.2, -0.15) is 0 Å². The Morgan fingerprint density at radius 2 is 2.23 bits per heavy atom. The molecule has 1 aliphatic heterocycles. The summed E-state index contributed by atoms with van der Waals surface area (Å²) >= 11 is 0. The van der Waals surface area contributed by atoms with E-state index in [1.807, 2.05) is 36.1 Å². The van der Waals surface area contributed by atoms with E-state index in [0.717, 1.165) is 36.8 Å². The topological polar surface area (TPSA) is 66.0 Å². The lowest BCUT2D eigenvalue weighted by Gasteiger charge is -2.19. The van der Waals surface area contributed by atoms with Crippen molar-refractivity contribution >= 4 is 35.8 Å². The van der Waals surface area contributed by atoms with Gasteiger partial charge in [0.1, 0.15) is 12.4 Å². The molecule has 0 aromatic heterocycles. The number of nitrogens with zero attached hydrogens (tertiary/aromatic N) is 2. The molecule has 2 N–H and O–H groups in total. The minimum atomic E-state index is 0. The molecular weight excluding hydrogens is 443 g/mol. The summed E-state index contributed by atoms with van der Waals surface area (Å²) in [7, 11) is 1.75. The van der Waals surface area contributed by atoms with Gasteiger partial charge in [0.25, 0.3) is 0 Å². The summed E-state index contributed by atoms with van der Waals surface area (Å²) in [6.45, 7) is 8.20. The van der Waals surface area contributed by atoms with Crippen molar-refractivity contribution in [1.82, 2.24) is 15.5 Å². The lowest BCUT2D eigenvalue weighted by molar-refractivity contribution is -0.129. The number of carbonyl (C=O) groups is 1. The molecule has 1 unspecified atom stereocenters. The maximum Gasteiger partial charge on any atom is 0.222 e. The van der Waals surface area contributed by atoms with Crippen molar-refractivity contribution in [1.29, 1.82) is 0 Å². The molecule has 2 rings (SSSR count). The molecule has 1 heterocycles. The molecule has 1 aromatic rings. The van der Waals surface area contributed by atoms with Crippen molar-refractivity contribution in [2.45, 2.75) is 32.4 Å². The second-order valence-electron chi connectivity index (χ2n) is 5.96. The van der Waals surface area contributed by atoms with Crippen molar-refractivity contribution < 1.29 is 9.53 Å². The van der Waals surface area contributed by atoms with Crippen LogP contribution in [0.5, 0.6) is 5.75 Å². The third-order valence-corrected chi connectivity index (χ3v) is 4.18. The number of hydrogen-bond acceptors (Lipinski definition) is 3. The van der Waals surface area contributed by atoms with Crippen LogP contribution in [0.3, 0.4) is 0 Å². The van der Waals surface area contributed by atoms with Crippen molar-refractivity contribution in [2.75, 3.05) is 26.7 Å². The number of benzene rings is 1. The van der Waals surface area contributed by atoms with E-state index in [1.165, 1.54) is 0 Å². The van der Waals surface area contributed by atoms with Crippen molar-refractivity contribution in [3.63, 3.8) is 0 Å². The normalized spacial score (nSPS) is 16.6. The summed E-state index contributed by atoms with van der Waals surface area (Å²) in [6.07, 6.45) is 3.22. The predicted octanol–water partition coefficient (Wildman–Crippen LogP) is 2.55. The van der Waals surface area contributed by atoms with E-state index >= 15 is 0 Å². The Balaban J connectivity index is 0.00000338. The van der Waals surface area contributed by atoms with E-state index in [9.17, 15) is 4.79 Å².